The van der Waals surface area contributed by atoms with Gasteiger partial charge in [-0.15, -0.1) is 24.0 Å². The first kappa shape index (κ1) is 21.2. The molecule has 146 valence electrons. The Morgan fingerprint density at radius 2 is 2.22 bits per heavy atom. The summed E-state index contributed by atoms with van der Waals surface area (Å²) < 4.78 is 1.85. The highest BCUT2D eigenvalue weighted by Gasteiger charge is 2.26. The first-order chi connectivity index (χ1) is 12.5. The van der Waals surface area contributed by atoms with Crippen molar-refractivity contribution in [3.8, 4) is 0 Å². The second kappa shape index (κ2) is 9.72. The van der Waals surface area contributed by atoms with E-state index < -0.39 is 0 Å². The molecule has 3 rings (SSSR count). The minimum Gasteiger partial charge on any atom is -0.352 e. The zero-order valence-corrected chi connectivity index (χ0v) is 18.3. The first-order valence-electron chi connectivity index (χ1n) is 8.86. The van der Waals surface area contributed by atoms with Gasteiger partial charge in [-0.25, -0.2) is 0 Å². The summed E-state index contributed by atoms with van der Waals surface area (Å²) in [6.45, 7) is 4.09. The van der Waals surface area contributed by atoms with Gasteiger partial charge in [0.2, 0.25) is 5.91 Å². The van der Waals surface area contributed by atoms with Crippen molar-refractivity contribution in [1.29, 1.82) is 0 Å². The maximum absolute atomic E-state index is 11.2. The number of carbonyl (C=O) groups excluding carboxylic acids is 1. The number of rotatable bonds is 4. The molecule has 2 heterocycles. The number of aliphatic imine (C=N–C) groups is 1. The van der Waals surface area contributed by atoms with Crippen LogP contribution < -0.4 is 10.6 Å². The Kier molecular flexibility index (Phi) is 7.64. The van der Waals surface area contributed by atoms with E-state index in [0.29, 0.717) is 12.5 Å². The molecule has 0 bridgehead atoms. The number of hydrogen-bond donors (Lipinski definition) is 2. The van der Waals surface area contributed by atoms with Crippen LogP contribution in [0.25, 0.3) is 0 Å². The van der Waals surface area contributed by atoms with Crippen LogP contribution in [0.15, 0.2) is 41.7 Å². The van der Waals surface area contributed by atoms with Gasteiger partial charge in [0.1, 0.15) is 0 Å². The fourth-order valence-corrected chi connectivity index (χ4v) is 3.35. The van der Waals surface area contributed by atoms with E-state index in [9.17, 15) is 4.79 Å². The molecule has 1 aliphatic rings. The Balaban J connectivity index is 0.00000261. The van der Waals surface area contributed by atoms with Crippen LogP contribution in [0.2, 0.25) is 0 Å². The lowest BCUT2D eigenvalue weighted by atomic mass is 10.0. The van der Waals surface area contributed by atoms with Crippen LogP contribution in [-0.4, -0.2) is 46.7 Å². The molecule has 1 aromatic carbocycles. The molecule has 0 radical (unpaired) electrons. The van der Waals surface area contributed by atoms with E-state index in [1.165, 1.54) is 12.5 Å². The molecule has 2 aromatic rings. The average molecular weight is 482 g/mol. The fourth-order valence-electron chi connectivity index (χ4n) is 3.35. The Hall–Kier alpha value is -2.10. The molecule has 0 saturated carbocycles. The Labute approximate surface area is 177 Å². The summed E-state index contributed by atoms with van der Waals surface area (Å²) in [5.74, 6) is 1.33. The standard InChI is InChI=1S/C19H26N6O.HI/c1-14(26)23-18-6-4-5-15(9-18)10-21-19(20-2)25-8-7-16(13-25)17-11-22-24(3)12-17;/h4-6,9,11-12,16H,7-8,10,13H2,1-3H3,(H,20,21)(H,23,26);1H. The van der Waals surface area contributed by atoms with Gasteiger partial charge in [-0.3, -0.25) is 14.5 Å². The van der Waals surface area contributed by atoms with Crippen molar-refractivity contribution in [2.75, 3.05) is 25.5 Å². The summed E-state index contributed by atoms with van der Waals surface area (Å²) in [4.78, 5) is 17.9. The van der Waals surface area contributed by atoms with Crippen molar-refractivity contribution >= 4 is 41.5 Å². The number of anilines is 1. The quantitative estimate of drug-likeness (QED) is 0.399. The van der Waals surface area contributed by atoms with Crippen LogP contribution in [-0.2, 0) is 18.4 Å². The summed E-state index contributed by atoms with van der Waals surface area (Å²) in [6, 6.07) is 7.84. The zero-order valence-electron chi connectivity index (χ0n) is 16.0. The summed E-state index contributed by atoms with van der Waals surface area (Å²) in [7, 11) is 3.76. The summed E-state index contributed by atoms with van der Waals surface area (Å²) in [6.07, 6.45) is 5.15. The van der Waals surface area contributed by atoms with Crippen LogP contribution in [0.4, 0.5) is 5.69 Å². The number of hydrogen-bond acceptors (Lipinski definition) is 3. The minimum absolute atomic E-state index is 0. The third-order valence-corrected chi connectivity index (χ3v) is 4.59. The summed E-state index contributed by atoms with van der Waals surface area (Å²) >= 11 is 0. The molecule has 0 spiro atoms. The van der Waals surface area contributed by atoms with Crippen molar-refractivity contribution < 1.29 is 4.79 Å². The molecule has 1 fully saturated rings. The number of likely N-dealkylation sites (tertiary alicyclic amines) is 1. The van der Waals surface area contributed by atoms with Crippen LogP contribution in [0.1, 0.15) is 30.4 Å². The van der Waals surface area contributed by atoms with Gasteiger partial charge in [0, 0.05) is 58.5 Å². The Morgan fingerprint density at radius 1 is 1.41 bits per heavy atom. The zero-order chi connectivity index (χ0) is 18.5. The monoisotopic (exact) mass is 482 g/mol. The lowest BCUT2D eigenvalue weighted by Crippen LogP contribution is -2.39. The van der Waals surface area contributed by atoms with E-state index in [1.54, 1.807) is 0 Å². The predicted molar refractivity (Wildman–Crippen MR) is 118 cm³/mol. The van der Waals surface area contributed by atoms with Gasteiger partial charge in [0.25, 0.3) is 0 Å². The van der Waals surface area contributed by atoms with Crippen LogP contribution >= 0.6 is 24.0 Å². The molecule has 0 aliphatic carbocycles. The Morgan fingerprint density at radius 3 is 2.89 bits per heavy atom. The highest BCUT2D eigenvalue weighted by Crippen LogP contribution is 2.26. The molecule has 8 heteroatoms. The average Bonchev–Trinajstić information content (AvgIpc) is 3.24. The molecule has 1 atom stereocenters. The van der Waals surface area contributed by atoms with Crippen LogP contribution in [0, 0.1) is 0 Å². The third kappa shape index (κ3) is 5.69. The summed E-state index contributed by atoms with van der Waals surface area (Å²) in [5, 5.41) is 10.5. The predicted octanol–water partition coefficient (Wildman–Crippen LogP) is 2.56. The Bertz CT molecular complexity index is 803. The smallest absolute Gasteiger partial charge is 0.221 e. The topological polar surface area (TPSA) is 74.6 Å². The molecule has 1 saturated heterocycles. The minimum atomic E-state index is -0.0653. The SMILES string of the molecule is CN=C(NCc1cccc(NC(C)=O)c1)N1CCC(c2cnn(C)c2)C1.I. The largest absolute Gasteiger partial charge is 0.352 e. The summed E-state index contributed by atoms with van der Waals surface area (Å²) in [5.41, 5.74) is 3.19. The van der Waals surface area contributed by atoms with Crippen LogP contribution in [0.3, 0.4) is 0 Å². The molecular weight excluding hydrogens is 455 g/mol. The van der Waals surface area contributed by atoms with Gasteiger partial charge >= 0.3 is 0 Å². The molecule has 1 unspecified atom stereocenters. The lowest BCUT2D eigenvalue weighted by molar-refractivity contribution is -0.114. The second-order valence-corrected chi connectivity index (χ2v) is 6.66. The van der Waals surface area contributed by atoms with Gasteiger partial charge < -0.3 is 15.5 Å². The third-order valence-electron chi connectivity index (χ3n) is 4.59. The highest BCUT2D eigenvalue weighted by atomic mass is 127. The van der Waals surface area contributed by atoms with E-state index in [4.69, 9.17) is 0 Å². The van der Waals surface area contributed by atoms with Crippen molar-refractivity contribution in [2.24, 2.45) is 12.0 Å². The van der Waals surface area contributed by atoms with E-state index in [1.807, 2.05) is 49.2 Å². The van der Waals surface area contributed by atoms with Crippen LogP contribution in [0.5, 0.6) is 0 Å². The van der Waals surface area contributed by atoms with Crippen molar-refractivity contribution in [1.82, 2.24) is 20.0 Å². The molecule has 1 amide bonds. The number of aryl methyl sites for hydroxylation is 1. The molecule has 1 aromatic heterocycles. The number of halogens is 1. The normalized spacial score (nSPS) is 16.8. The van der Waals surface area contributed by atoms with E-state index >= 15 is 0 Å². The second-order valence-electron chi connectivity index (χ2n) is 6.66. The highest BCUT2D eigenvalue weighted by molar-refractivity contribution is 14.0. The molecule has 1 aliphatic heterocycles. The van der Waals surface area contributed by atoms with Gasteiger partial charge in [-0.05, 0) is 29.7 Å². The number of benzene rings is 1. The molecular formula is C19H27IN6O. The number of guanidine groups is 1. The van der Waals surface area contributed by atoms with Gasteiger partial charge in [0.05, 0.1) is 6.20 Å². The number of carbonyl (C=O) groups is 1. The fraction of sp³-hybridized carbons (Fsp3) is 0.421. The van der Waals surface area contributed by atoms with E-state index in [0.717, 1.165) is 36.7 Å². The van der Waals surface area contributed by atoms with Crippen molar-refractivity contribution in [2.45, 2.75) is 25.8 Å². The lowest BCUT2D eigenvalue weighted by Gasteiger charge is -2.21. The maximum atomic E-state index is 11.2. The van der Waals surface area contributed by atoms with Gasteiger partial charge in [-0.2, -0.15) is 5.10 Å². The first-order valence-corrected chi connectivity index (χ1v) is 8.86. The number of aromatic nitrogens is 2. The number of amides is 1. The van der Waals surface area contributed by atoms with Crippen molar-refractivity contribution in [3.63, 3.8) is 0 Å². The van der Waals surface area contributed by atoms with Gasteiger partial charge in [-0.1, -0.05) is 12.1 Å². The number of nitrogens with zero attached hydrogens (tertiary/aromatic N) is 4. The van der Waals surface area contributed by atoms with Gasteiger partial charge in [0.15, 0.2) is 5.96 Å². The molecule has 7 nitrogen and oxygen atoms in total. The van der Waals surface area contributed by atoms with E-state index in [2.05, 4.69) is 31.8 Å². The number of nitrogens with one attached hydrogen (secondary N) is 2. The molecule has 2 N–H and O–H groups in total. The molecule has 27 heavy (non-hydrogen) atoms. The van der Waals surface area contributed by atoms with Crippen molar-refractivity contribution in [3.05, 3.63) is 47.8 Å². The maximum Gasteiger partial charge on any atom is 0.221 e. The van der Waals surface area contributed by atoms with E-state index in [-0.39, 0.29) is 29.9 Å².